The fraction of sp³-hybridized carbons (Fsp3) is 1.00. The molecule has 0 amide bonds. The van der Waals surface area contributed by atoms with E-state index < -0.39 is 49.6 Å². The zero-order valence-corrected chi connectivity index (χ0v) is 8.90. The molecule has 11 heteroatoms. The van der Waals surface area contributed by atoms with E-state index in [1.807, 2.05) is 0 Å². The minimum atomic E-state index is -3.60. The number of hydrogen-bond donors (Lipinski definition) is 0. The first kappa shape index (κ1) is 15.5. The third-order valence-corrected chi connectivity index (χ3v) is 3.77. The van der Waals surface area contributed by atoms with Crippen molar-refractivity contribution in [3.63, 3.8) is 0 Å². The molecule has 0 bridgehead atoms. The van der Waals surface area contributed by atoms with E-state index in [4.69, 9.17) is 0 Å². The molecule has 0 aromatic rings. The van der Waals surface area contributed by atoms with Crippen LogP contribution in [0.4, 0.5) is 35.1 Å². The minimum absolute atomic E-state index is 0. The van der Waals surface area contributed by atoms with Crippen LogP contribution >= 0.6 is 0 Å². The summed E-state index contributed by atoms with van der Waals surface area (Å²) in [7, 11) is 0. The van der Waals surface area contributed by atoms with Gasteiger partial charge in [0.25, 0.3) is 0 Å². The van der Waals surface area contributed by atoms with E-state index in [-0.39, 0.29) is 5.48 Å². The molecule has 0 radical (unpaired) electrons. The molecule has 2 aliphatic rings. The Kier molecular flexibility index (Phi) is 3.86. The third-order valence-electron chi connectivity index (χ3n) is 1.45. The van der Waals surface area contributed by atoms with Gasteiger partial charge in [0.2, 0.25) is 0 Å². The van der Waals surface area contributed by atoms with E-state index >= 15 is 0 Å². The Morgan fingerprint density at radius 1 is 0.467 bits per heavy atom. The van der Waals surface area contributed by atoms with Gasteiger partial charge in [-0.25, -0.2) is 0 Å². The van der Waals surface area contributed by atoms with Gasteiger partial charge in [-0.2, -0.15) is 0 Å². The molecule has 84 valence electrons. The summed E-state index contributed by atoms with van der Waals surface area (Å²) in [6.07, 6.45) is 0. The van der Waals surface area contributed by atoms with Gasteiger partial charge in [0.1, 0.15) is 0 Å². The summed E-state index contributed by atoms with van der Waals surface area (Å²) in [4.78, 5) is -14.4. The summed E-state index contributed by atoms with van der Waals surface area (Å²) < 4.78 is 89.6. The first-order valence-corrected chi connectivity index (χ1v) is 5.48. The van der Waals surface area contributed by atoms with E-state index in [1.165, 1.54) is 0 Å². The maximum Gasteiger partial charge on any atom is -2.00 e. The molecule has 0 spiro atoms. The van der Waals surface area contributed by atoms with Crippen molar-refractivity contribution >= 4 is 30.4 Å². The molecule has 1 nitrogen and oxygen atoms in total. The summed E-state index contributed by atoms with van der Waals surface area (Å²) in [6, 6.07) is 0. The Hall–Kier alpha value is 0.465. The van der Waals surface area contributed by atoms with Crippen molar-refractivity contribution < 1.29 is 40.6 Å². The van der Waals surface area contributed by atoms with E-state index in [9.17, 15) is 35.1 Å². The van der Waals surface area contributed by atoms with Gasteiger partial charge in [-0.15, -0.1) is 0 Å². The maximum absolute atomic E-state index is 11.2. The molecule has 0 unspecified atom stereocenters. The first-order valence-electron chi connectivity index (χ1n) is 3.17. The minimum Gasteiger partial charge on any atom is -2.00 e. The fourth-order valence-corrected chi connectivity index (χ4v) is 1.15. The van der Waals surface area contributed by atoms with Gasteiger partial charge in [0, 0.05) is 0 Å². The fourth-order valence-electron chi connectivity index (χ4n) is 0.383. The summed E-state index contributed by atoms with van der Waals surface area (Å²) >= 11 is -3.82. The maximum atomic E-state index is 11.2. The normalized spacial score (nSPS) is 28.3. The van der Waals surface area contributed by atoms with Crippen LogP contribution in [-0.2, 0) is 5.48 Å². The Morgan fingerprint density at radius 2 is 0.533 bits per heavy atom. The second kappa shape index (κ2) is 3.74. The van der Waals surface area contributed by atoms with E-state index in [1.54, 1.807) is 0 Å². The average Bonchev–Trinajstić information content (AvgIpc) is 2.41. The van der Waals surface area contributed by atoms with E-state index in [0.717, 1.165) is 0 Å². The van der Waals surface area contributed by atoms with Crippen molar-refractivity contribution in [1.82, 2.24) is 0 Å². The Balaban J connectivity index is 0.000000245. The van der Waals surface area contributed by atoms with Crippen molar-refractivity contribution in [2.75, 3.05) is 0 Å². The van der Waals surface area contributed by atoms with Crippen molar-refractivity contribution in [3.8, 4) is 0 Å². The molecule has 2 aliphatic heterocycles. The van der Waals surface area contributed by atoms with Gasteiger partial charge >= 0.3 is 84.7 Å². The molecule has 0 atom stereocenters. The Bertz CT molecular complexity index is 203. The topological polar surface area (TPSA) is 28.5 Å². The molecule has 0 aromatic heterocycles. The molecule has 0 N–H and O–H groups in total. The molecule has 15 heavy (non-hydrogen) atoms. The van der Waals surface area contributed by atoms with Crippen LogP contribution in [0.5, 0.6) is 0 Å². The number of alkyl halides is 8. The zero-order valence-electron chi connectivity index (χ0n) is 6.59. The number of hydrogen-bond acceptors (Lipinski definition) is 0. The van der Waals surface area contributed by atoms with Crippen LogP contribution in [0.2, 0.25) is 0 Å². The third kappa shape index (κ3) is 3.21. The van der Waals surface area contributed by atoms with Gasteiger partial charge in [0.05, 0.1) is 0 Å². The molecule has 2 saturated heterocycles. The number of halogens is 8. The summed E-state index contributed by atoms with van der Waals surface area (Å²) in [5, 5.41) is 0. The Morgan fingerprint density at radius 3 is 0.533 bits per heavy atom. The quantitative estimate of drug-likeness (QED) is 0.473. The van der Waals surface area contributed by atoms with Gasteiger partial charge in [0.15, 0.2) is 0 Å². The molecule has 0 aromatic carbocycles. The smallest absolute Gasteiger partial charge is 2.00 e. The van der Waals surface area contributed by atoms with Crippen LogP contribution in [-0.4, -0.2) is 49.6 Å². The van der Waals surface area contributed by atoms with Crippen LogP contribution in [0.3, 0.4) is 0 Å². The molecule has 2 heterocycles. The van der Waals surface area contributed by atoms with Crippen molar-refractivity contribution in [2.45, 2.75) is 19.1 Å². The number of rotatable bonds is 0. The van der Waals surface area contributed by atoms with Crippen LogP contribution < -0.4 is 0 Å². The molecular weight excluding hydrogens is 270 g/mol. The molecule has 0 saturated carbocycles. The van der Waals surface area contributed by atoms with Crippen molar-refractivity contribution in [1.29, 1.82) is 0 Å². The van der Waals surface area contributed by atoms with Gasteiger partial charge in [-0.3, -0.25) is 0 Å². The molecule has 0 aliphatic carbocycles. The standard InChI is InChI=1S/2C2F4.2Al.O/c2*3-1(4)2(5)6;;;/q;;2*+1;-2. The van der Waals surface area contributed by atoms with Crippen LogP contribution in [0, 0.1) is 0 Å². The van der Waals surface area contributed by atoms with Gasteiger partial charge < -0.3 is 5.48 Å². The Labute approximate surface area is 90.5 Å². The van der Waals surface area contributed by atoms with Crippen LogP contribution in [0.1, 0.15) is 0 Å². The summed E-state index contributed by atoms with van der Waals surface area (Å²) in [5.41, 5.74) is 0. The van der Waals surface area contributed by atoms with Gasteiger partial charge in [-0.1, -0.05) is 0 Å². The van der Waals surface area contributed by atoms with Crippen LogP contribution in [0.25, 0.3) is 0 Å². The van der Waals surface area contributed by atoms with Crippen molar-refractivity contribution in [3.05, 3.63) is 0 Å². The van der Waals surface area contributed by atoms with Gasteiger partial charge in [-0.05, 0) is 0 Å². The van der Waals surface area contributed by atoms with Crippen molar-refractivity contribution in [2.24, 2.45) is 0 Å². The SMILES string of the molecule is F[C]1(F)[Al+][C]1(F)F.F[C]1(F)[Al+][C]1(F)F.[O-2]. The largest absolute Gasteiger partial charge is 2.00 e. The predicted octanol–water partition coefficient (Wildman–Crippen LogP) is 1.66. The molecule has 2 rings (SSSR count). The first-order chi connectivity index (χ1) is 5.91. The molecule has 2 fully saturated rings. The summed E-state index contributed by atoms with van der Waals surface area (Å²) in [6.45, 7) is 0. The predicted molar refractivity (Wildman–Crippen MR) is 32.0 cm³/mol. The van der Waals surface area contributed by atoms with Crippen LogP contribution in [0.15, 0.2) is 0 Å². The average molecular weight is 270 g/mol. The second-order valence-electron chi connectivity index (χ2n) is 2.78. The summed E-state index contributed by atoms with van der Waals surface area (Å²) in [5.74, 6) is 0. The second-order valence-corrected chi connectivity index (χ2v) is 6.26. The zero-order chi connectivity index (χ0) is 11.4. The molecular formula is C4Al2F8O. The van der Waals surface area contributed by atoms with E-state index in [2.05, 4.69) is 0 Å². The van der Waals surface area contributed by atoms with E-state index in [0.29, 0.717) is 0 Å². The monoisotopic (exact) mass is 270 g/mol.